The molecule has 1 N–H and O–H groups in total. The van der Waals surface area contributed by atoms with Crippen molar-refractivity contribution >= 4 is 25.7 Å². The number of benzene rings is 2. The maximum atomic E-state index is 12.8. The van der Waals surface area contributed by atoms with E-state index in [9.17, 15) is 16.8 Å². The molecule has 0 radical (unpaired) electrons. The Morgan fingerprint density at radius 1 is 1.07 bits per heavy atom. The molecule has 3 aromatic rings. The fraction of sp³-hybridized carbons (Fsp3) is 0.250. The van der Waals surface area contributed by atoms with Gasteiger partial charge in [-0.15, -0.1) is 0 Å². The summed E-state index contributed by atoms with van der Waals surface area (Å²) in [4.78, 5) is 0.128. The predicted molar refractivity (Wildman–Crippen MR) is 112 cm³/mol. The molecule has 2 heterocycles. The molecule has 4 rings (SSSR count). The summed E-state index contributed by atoms with van der Waals surface area (Å²) < 4.78 is 53.7. The Morgan fingerprint density at radius 3 is 2.38 bits per heavy atom. The minimum Gasteiger partial charge on any atom is -0.264 e. The second kappa shape index (κ2) is 7.31. The van der Waals surface area contributed by atoms with Gasteiger partial charge in [0.2, 0.25) is 0 Å². The molecule has 1 fully saturated rings. The lowest BCUT2D eigenvalue weighted by Crippen LogP contribution is -2.19. The molecule has 29 heavy (non-hydrogen) atoms. The van der Waals surface area contributed by atoms with Crippen molar-refractivity contribution in [1.29, 1.82) is 0 Å². The number of nitrogens with zero attached hydrogens (tertiary/aromatic N) is 2. The smallest absolute Gasteiger partial charge is 0.263 e. The number of aromatic nitrogens is 2. The minimum absolute atomic E-state index is 0.0535. The van der Waals surface area contributed by atoms with Gasteiger partial charge in [0.15, 0.2) is 9.84 Å². The lowest BCUT2D eigenvalue weighted by Gasteiger charge is -2.14. The molecule has 0 spiro atoms. The first-order valence-corrected chi connectivity index (χ1v) is 12.5. The van der Waals surface area contributed by atoms with Crippen LogP contribution in [0.15, 0.2) is 65.6 Å². The standard InChI is InChI=1S/C20H21N3O4S2/c1-15-7-9-16(10-8-15)19-13-20(22-29(26,27)18-5-3-2-4-6-18)23(21-19)17-11-12-28(24,25)14-17/h2-10,13,17,22H,11-12,14H2,1H3/t17-/m0/s1. The molecule has 1 aromatic heterocycles. The van der Waals surface area contributed by atoms with Gasteiger partial charge in [-0.1, -0.05) is 48.0 Å². The zero-order chi connectivity index (χ0) is 20.6. The largest absolute Gasteiger partial charge is 0.264 e. The number of nitrogens with one attached hydrogen (secondary N) is 1. The van der Waals surface area contributed by atoms with E-state index in [1.807, 2.05) is 31.2 Å². The van der Waals surface area contributed by atoms with Crippen LogP contribution in [0.4, 0.5) is 5.82 Å². The average Bonchev–Trinajstić information content (AvgIpc) is 3.25. The van der Waals surface area contributed by atoms with Crippen LogP contribution >= 0.6 is 0 Å². The molecule has 1 atom stereocenters. The van der Waals surface area contributed by atoms with Gasteiger partial charge in [-0.2, -0.15) is 5.10 Å². The Kier molecular flexibility index (Phi) is 4.95. The van der Waals surface area contributed by atoms with E-state index in [1.165, 1.54) is 16.8 Å². The average molecular weight is 432 g/mol. The van der Waals surface area contributed by atoms with Crippen LogP contribution in [-0.4, -0.2) is 38.1 Å². The Bertz CT molecular complexity index is 1230. The van der Waals surface area contributed by atoms with Gasteiger partial charge in [-0.05, 0) is 25.5 Å². The number of sulfonamides is 1. The molecular weight excluding hydrogens is 410 g/mol. The Hall–Kier alpha value is -2.65. The summed E-state index contributed by atoms with van der Waals surface area (Å²) in [6.45, 7) is 1.98. The van der Waals surface area contributed by atoms with Crippen molar-refractivity contribution < 1.29 is 16.8 Å². The normalized spacial score (nSPS) is 18.6. The van der Waals surface area contributed by atoms with Gasteiger partial charge in [0, 0.05) is 11.6 Å². The first-order chi connectivity index (χ1) is 13.7. The summed E-state index contributed by atoms with van der Waals surface area (Å²) in [7, 11) is -6.99. The number of aryl methyl sites for hydroxylation is 1. The number of rotatable bonds is 5. The molecule has 1 aliphatic rings. The number of sulfone groups is 1. The van der Waals surface area contributed by atoms with Crippen LogP contribution in [0.5, 0.6) is 0 Å². The van der Waals surface area contributed by atoms with Crippen LogP contribution in [0.1, 0.15) is 18.0 Å². The summed E-state index contributed by atoms with van der Waals surface area (Å²) in [6, 6.07) is 17.0. The zero-order valence-corrected chi connectivity index (χ0v) is 17.4. The van der Waals surface area contributed by atoms with Crippen LogP contribution in [0.2, 0.25) is 0 Å². The summed E-state index contributed by atoms with van der Waals surface area (Å²) in [5, 5.41) is 4.56. The third-order valence-electron chi connectivity index (χ3n) is 4.93. The Balaban J connectivity index is 1.76. The van der Waals surface area contributed by atoms with E-state index in [-0.39, 0.29) is 22.2 Å². The SMILES string of the molecule is Cc1ccc(-c2cc(NS(=O)(=O)c3ccccc3)n([C@H]3CCS(=O)(=O)C3)n2)cc1. The van der Waals surface area contributed by atoms with E-state index in [4.69, 9.17) is 0 Å². The van der Waals surface area contributed by atoms with Crippen LogP contribution in [0, 0.1) is 6.92 Å². The van der Waals surface area contributed by atoms with Crippen LogP contribution in [0.3, 0.4) is 0 Å². The number of anilines is 1. The number of hydrogen-bond acceptors (Lipinski definition) is 5. The maximum Gasteiger partial charge on any atom is 0.263 e. The summed E-state index contributed by atoms with van der Waals surface area (Å²) >= 11 is 0. The van der Waals surface area contributed by atoms with Gasteiger partial charge < -0.3 is 0 Å². The third-order valence-corrected chi connectivity index (χ3v) is 8.05. The Morgan fingerprint density at radius 2 is 1.76 bits per heavy atom. The van der Waals surface area contributed by atoms with Crippen molar-refractivity contribution in [3.63, 3.8) is 0 Å². The minimum atomic E-state index is -3.83. The monoisotopic (exact) mass is 431 g/mol. The highest BCUT2D eigenvalue weighted by molar-refractivity contribution is 7.92. The molecule has 0 aliphatic carbocycles. The van der Waals surface area contributed by atoms with Gasteiger partial charge in [0.05, 0.1) is 28.1 Å². The zero-order valence-electron chi connectivity index (χ0n) is 15.8. The van der Waals surface area contributed by atoms with Gasteiger partial charge in [0.1, 0.15) is 5.82 Å². The van der Waals surface area contributed by atoms with E-state index >= 15 is 0 Å². The third kappa shape index (κ3) is 4.20. The van der Waals surface area contributed by atoms with Gasteiger partial charge in [0.25, 0.3) is 10.0 Å². The fourth-order valence-corrected chi connectivity index (χ4v) is 6.13. The quantitative estimate of drug-likeness (QED) is 0.670. The molecule has 0 unspecified atom stereocenters. The molecule has 1 saturated heterocycles. The number of hydrogen-bond donors (Lipinski definition) is 1. The van der Waals surface area contributed by atoms with Crippen molar-refractivity contribution in [3.05, 3.63) is 66.2 Å². The lowest BCUT2D eigenvalue weighted by molar-refractivity contribution is 0.507. The fourth-order valence-electron chi connectivity index (χ4n) is 3.38. The van der Waals surface area contributed by atoms with Gasteiger partial charge >= 0.3 is 0 Å². The highest BCUT2D eigenvalue weighted by Crippen LogP contribution is 2.31. The van der Waals surface area contributed by atoms with E-state index in [1.54, 1.807) is 24.3 Å². The van der Waals surface area contributed by atoms with Crippen molar-refractivity contribution in [1.82, 2.24) is 9.78 Å². The first-order valence-electron chi connectivity index (χ1n) is 9.18. The second-order valence-corrected chi connectivity index (χ2v) is 11.1. The van der Waals surface area contributed by atoms with Gasteiger partial charge in [-0.25, -0.2) is 21.5 Å². The van der Waals surface area contributed by atoms with E-state index < -0.39 is 25.9 Å². The molecule has 9 heteroatoms. The Labute approximate surface area is 170 Å². The summed E-state index contributed by atoms with van der Waals surface area (Å²) in [5.41, 5.74) is 2.51. The van der Waals surface area contributed by atoms with E-state index in [0.717, 1.165) is 11.1 Å². The molecule has 7 nitrogen and oxygen atoms in total. The van der Waals surface area contributed by atoms with E-state index in [2.05, 4.69) is 9.82 Å². The van der Waals surface area contributed by atoms with Crippen molar-refractivity contribution in [2.75, 3.05) is 16.2 Å². The molecular formula is C20H21N3O4S2. The second-order valence-electron chi connectivity index (χ2n) is 7.20. The molecule has 0 saturated carbocycles. The van der Waals surface area contributed by atoms with Crippen LogP contribution in [0.25, 0.3) is 11.3 Å². The first kappa shape index (κ1) is 19.7. The van der Waals surface area contributed by atoms with Crippen molar-refractivity contribution in [2.24, 2.45) is 0 Å². The van der Waals surface area contributed by atoms with Crippen LogP contribution in [-0.2, 0) is 19.9 Å². The molecule has 152 valence electrons. The maximum absolute atomic E-state index is 12.8. The summed E-state index contributed by atoms with van der Waals surface area (Å²) in [6.07, 6.45) is 0.400. The van der Waals surface area contributed by atoms with E-state index in [0.29, 0.717) is 12.1 Å². The molecule has 0 bridgehead atoms. The summed E-state index contributed by atoms with van der Waals surface area (Å²) in [5.74, 6) is 0.274. The lowest BCUT2D eigenvalue weighted by atomic mass is 10.1. The van der Waals surface area contributed by atoms with Crippen LogP contribution < -0.4 is 4.72 Å². The topological polar surface area (TPSA) is 98.1 Å². The highest BCUT2D eigenvalue weighted by atomic mass is 32.2. The molecule has 2 aromatic carbocycles. The highest BCUT2D eigenvalue weighted by Gasteiger charge is 2.32. The van der Waals surface area contributed by atoms with Crippen molar-refractivity contribution in [3.8, 4) is 11.3 Å². The molecule has 1 aliphatic heterocycles. The molecule has 0 amide bonds. The van der Waals surface area contributed by atoms with Crippen molar-refractivity contribution in [2.45, 2.75) is 24.3 Å². The van der Waals surface area contributed by atoms with Gasteiger partial charge in [-0.3, -0.25) is 4.72 Å². The predicted octanol–water partition coefficient (Wildman–Crippen LogP) is 3.02.